The Hall–Kier alpha value is -2.96. The molecule has 0 bridgehead atoms. The highest BCUT2D eigenvalue weighted by atomic mass is 16.2. The van der Waals surface area contributed by atoms with Crippen molar-refractivity contribution >= 4 is 16.9 Å². The summed E-state index contributed by atoms with van der Waals surface area (Å²) >= 11 is 0. The lowest BCUT2D eigenvalue weighted by Gasteiger charge is -2.10. The number of aromatic nitrogens is 4. The fourth-order valence-electron chi connectivity index (χ4n) is 2.80. The van der Waals surface area contributed by atoms with Gasteiger partial charge in [-0.25, -0.2) is 9.67 Å². The number of rotatable bonds is 4. The summed E-state index contributed by atoms with van der Waals surface area (Å²) in [7, 11) is 0. The van der Waals surface area contributed by atoms with Crippen LogP contribution in [-0.2, 0) is 11.3 Å². The second-order valence-electron chi connectivity index (χ2n) is 6.48. The number of amides is 1. The van der Waals surface area contributed by atoms with Crippen LogP contribution >= 0.6 is 0 Å². The molecule has 0 radical (unpaired) electrons. The van der Waals surface area contributed by atoms with Crippen LogP contribution in [0.5, 0.6) is 0 Å². The number of hydrogen-bond acceptors (Lipinski definition) is 4. The van der Waals surface area contributed by atoms with Crippen molar-refractivity contribution in [3.05, 3.63) is 52.2 Å². The molecule has 0 saturated carbocycles. The predicted octanol–water partition coefficient (Wildman–Crippen LogP) is 1.72. The molecular weight excluding hydrogens is 318 g/mol. The summed E-state index contributed by atoms with van der Waals surface area (Å²) in [5.74, 6) is -0.222. The third-order valence-electron chi connectivity index (χ3n) is 3.90. The molecule has 1 amide bonds. The van der Waals surface area contributed by atoms with Gasteiger partial charge in [-0.05, 0) is 39.3 Å². The first-order valence-electron chi connectivity index (χ1n) is 8.17. The molecule has 3 aromatic rings. The van der Waals surface area contributed by atoms with E-state index in [-0.39, 0.29) is 24.1 Å². The number of hydrogen-bond donors (Lipinski definition) is 1. The van der Waals surface area contributed by atoms with E-state index in [9.17, 15) is 9.59 Å². The van der Waals surface area contributed by atoms with Gasteiger partial charge < -0.3 is 5.32 Å². The van der Waals surface area contributed by atoms with Gasteiger partial charge in [0.2, 0.25) is 5.91 Å². The summed E-state index contributed by atoms with van der Waals surface area (Å²) in [5, 5.41) is 7.48. The van der Waals surface area contributed by atoms with Crippen LogP contribution in [0.25, 0.3) is 16.7 Å². The first-order chi connectivity index (χ1) is 11.9. The zero-order valence-corrected chi connectivity index (χ0v) is 14.8. The van der Waals surface area contributed by atoms with Gasteiger partial charge in [-0.1, -0.05) is 17.7 Å². The van der Waals surface area contributed by atoms with E-state index >= 15 is 0 Å². The second-order valence-corrected chi connectivity index (χ2v) is 6.48. The van der Waals surface area contributed by atoms with Gasteiger partial charge in [0.15, 0.2) is 5.65 Å². The molecule has 1 N–H and O–H groups in total. The Balaban J connectivity index is 2.02. The number of nitrogens with zero attached hydrogens (tertiary/aromatic N) is 4. The molecule has 3 rings (SSSR count). The SMILES string of the molecule is Cc1ccc(-n2ncc3c(=O)n(CC(=O)NC(C)C)cnc32)c(C)c1. The lowest BCUT2D eigenvalue weighted by molar-refractivity contribution is -0.122. The summed E-state index contributed by atoms with van der Waals surface area (Å²) in [6, 6.07) is 6.03. The van der Waals surface area contributed by atoms with Gasteiger partial charge in [0.1, 0.15) is 18.3 Å². The van der Waals surface area contributed by atoms with Crippen LogP contribution in [0, 0.1) is 13.8 Å². The summed E-state index contributed by atoms with van der Waals surface area (Å²) in [5.41, 5.74) is 3.29. The third kappa shape index (κ3) is 3.31. The fourth-order valence-corrected chi connectivity index (χ4v) is 2.80. The zero-order valence-electron chi connectivity index (χ0n) is 14.8. The highest BCUT2D eigenvalue weighted by molar-refractivity contribution is 5.78. The van der Waals surface area contributed by atoms with Crippen LogP contribution < -0.4 is 10.9 Å². The minimum Gasteiger partial charge on any atom is -0.352 e. The Kier molecular flexibility index (Phi) is 4.39. The minimum absolute atomic E-state index is 0.0205. The Labute approximate surface area is 145 Å². The lowest BCUT2D eigenvalue weighted by Crippen LogP contribution is -2.36. The first kappa shape index (κ1) is 16.9. The number of fused-ring (bicyclic) bond motifs is 1. The second kappa shape index (κ2) is 6.51. The van der Waals surface area contributed by atoms with Crippen molar-refractivity contribution in [1.29, 1.82) is 0 Å². The van der Waals surface area contributed by atoms with Crippen molar-refractivity contribution < 1.29 is 4.79 Å². The molecule has 0 atom stereocenters. The van der Waals surface area contributed by atoms with E-state index in [2.05, 4.69) is 21.5 Å². The first-order valence-corrected chi connectivity index (χ1v) is 8.17. The minimum atomic E-state index is -0.278. The van der Waals surface area contributed by atoms with E-state index in [0.29, 0.717) is 11.0 Å². The van der Waals surface area contributed by atoms with Gasteiger partial charge in [0.05, 0.1) is 11.9 Å². The number of carbonyl (C=O) groups is 1. The Bertz CT molecular complexity index is 1000. The van der Waals surface area contributed by atoms with E-state index in [1.165, 1.54) is 17.1 Å². The maximum Gasteiger partial charge on any atom is 0.264 e. The van der Waals surface area contributed by atoms with Crippen LogP contribution in [0.15, 0.2) is 35.5 Å². The third-order valence-corrected chi connectivity index (χ3v) is 3.90. The van der Waals surface area contributed by atoms with Crippen molar-refractivity contribution in [2.75, 3.05) is 0 Å². The number of carbonyl (C=O) groups excluding carboxylic acids is 1. The summed E-state index contributed by atoms with van der Waals surface area (Å²) in [6.07, 6.45) is 2.90. The molecule has 7 heteroatoms. The Morgan fingerprint density at radius 3 is 2.72 bits per heavy atom. The van der Waals surface area contributed by atoms with E-state index < -0.39 is 0 Å². The average molecular weight is 339 g/mol. The summed E-state index contributed by atoms with van der Waals surface area (Å²) in [4.78, 5) is 28.9. The summed E-state index contributed by atoms with van der Waals surface area (Å²) in [6.45, 7) is 7.70. The standard InChI is InChI=1S/C18H21N5O2/c1-11(2)21-16(24)9-22-10-19-17-14(18(22)25)8-20-23(17)15-6-5-12(3)7-13(15)4/h5-8,10-11H,9H2,1-4H3,(H,21,24). The van der Waals surface area contributed by atoms with Gasteiger partial charge >= 0.3 is 0 Å². The van der Waals surface area contributed by atoms with Crippen LogP contribution in [-0.4, -0.2) is 31.3 Å². The molecule has 0 aliphatic rings. The van der Waals surface area contributed by atoms with Crippen LogP contribution in [0.4, 0.5) is 0 Å². The lowest BCUT2D eigenvalue weighted by atomic mass is 10.1. The van der Waals surface area contributed by atoms with Crippen LogP contribution in [0.2, 0.25) is 0 Å². The monoisotopic (exact) mass is 339 g/mol. The van der Waals surface area contributed by atoms with Gasteiger partial charge in [-0.3, -0.25) is 14.2 Å². The molecule has 1 aromatic carbocycles. The van der Waals surface area contributed by atoms with Gasteiger partial charge in [-0.15, -0.1) is 0 Å². The molecular formula is C18H21N5O2. The molecule has 0 aliphatic carbocycles. The predicted molar refractivity (Wildman–Crippen MR) is 95.9 cm³/mol. The van der Waals surface area contributed by atoms with Gasteiger partial charge in [0, 0.05) is 6.04 Å². The Morgan fingerprint density at radius 1 is 1.28 bits per heavy atom. The Morgan fingerprint density at radius 2 is 2.04 bits per heavy atom. The maximum atomic E-state index is 12.6. The fraction of sp³-hybridized carbons (Fsp3) is 0.333. The molecule has 0 saturated heterocycles. The number of aryl methyl sites for hydroxylation is 2. The summed E-state index contributed by atoms with van der Waals surface area (Å²) < 4.78 is 2.96. The van der Waals surface area contributed by atoms with Crippen LogP contribution in [0.1, 0.15) is 25.0 Å². The van der Waals surface area contributed by atoms with Crippen molar-refractivity contribution in [2.45, 2.75) is 40.3 Å². The van der Waals surface area contributed by atoms with Crippen molar-refractivity contribution in [3.8, 4) is 5.69 Å². The molecule has 0 fully saturated rings. The van der Waals surface area contributed by atoms with Crippen LogP contribution in [0.3, 0.4) is 0 Å². The molecule has 2 heterocycles. The number of nitrogens with one attached hydrogen (secondary N) is 1. The van der Waals surface area contributed by atoms with E-state index in [4.69, 9.17) is 0 Å². The maximum absolute atomic E-state index is 12.6. The van der Waals surface area contributed by atoms with E-state index in [0.717, 1.165) is 16.8 Å². The molecule has 0 aliphatic heterocycles. The van der Waals surface area contributed by atoms with Gasteiger partial charge in [0.25, 0.3) is 5.56 Å². The zero-order chi connectivity index (χ0) is 18.1. The molecule has 25 heavy (non-hydrogen) atoms. The van der Waals surface area contributed by atoms with E-state index in [1.807, 2.05) is 39.8 Å². The molecule has 0 spiro atoms. The largest absolute Gasteiger partial charge is 0.352 e. The molecule has 7 nitrogen and oxygen atoms in total. The smallest absolute Gasteiger partial charge is 0.264 e. The molecule has 0 unspecified atom stereocenters. The average Bonchev–Trinajstić information content (AvgIpc) is 2.94. The molecule has 2 aromatic heterocycles. The molecule has 130 valence electrons. The highest BCUT2D eigenvalue weighted by Gasteiger charge is 2.14. The van der Waals surface area contributed by atoms with Crippen molar-refractivity contribution in [1.82, 2.24) is 24.6 Å². The topological polar surface area (TPSA) is 81.8 Å². The van der Waals surface area contributed by atoms with Gasteiger partial charge in [-0.2, -0.15) is 5.10 Å². The van der Waals surface area contributed by atoms with E-state index in [1.54, 1.807) is 4.68 Å². The van der Waals surface area contributed by atoms with Crippen molar-refractivity contribution in [2.24, 2.45) is 0 Å². The quantitative estimate of drug-likeness (QED) is 0.785. The number of benzene rings is 1. The highest BCUT2D eigenvalue weighted by Crippen LogP contribution is 2.18. The normalized spacial score (nSPS) is 11.2. The van der Waals surface area contributed by atoms with Crippen molar-refractivity contribution in [3.63, 3.8) is 0 Å².